The third kappa shape index (κ3) is 3.88. The molecule has 4 nitrogen and oxygen atoms in total. The molecule has 1 rings (SSSR count). The van der Waals surface area contributed by atoms with Crippen molar-refractivity contribution >= 4 is 5.91 Å². The van der Waals surface area contributed by atoms with Gasteiger partial charge < -0.3 is 9.64 Å². The molecule has 0 radical (unpaired) electrons. The highest BCUT2D eigenvalue weighted by molar-refractivity contribution is 5.78. The number of nitrogens with zero attached hydrogens (tertiary/aromatic N) is 2. The molecule has 0 aliphatic carbocycles. The molecule has 1 heterocycles. The van der Waals surface area contributed by atoms with Gasteiger partial charge in [-0.2, -0.15) is 5.26 Å². The maximum Gasteiger partial charge on any atom is 0.236 e. The van der Waals surface area contributed by atoms with Gasteiger partial charge in [0.2, 0.25) is 5.91 Å². The average molecular weight is 210 g/mol. The van der Waals surface area contributed by atoms with E-state index in [-0.39, 0.29) is 12.3 Å². The third-order valence-corrected chi connectivity index (χ3v) is 2.66. The van der Waals surface area contributed by atoms with E-state index in [4.69, 9.17) is 10.00 Å². The van der Waals surface area contributed by atoms with Gasteiger partial charge >= 0.3 is 0 Å². The third-order valence-electron chi connectivity index (χ3n) is 2.66. The standard InChI is InChI=1S/C11H18N2O2/c1-2-15-9-10-4-3-7-13(8-10)11(14)5-6-12/h10H,2-5,7-9H2,1H3. The largest absolute Gasteiger partial charge is 0.381 e. The number of rotatable bonds is 4. The van der Waals surface area contributed by atoms with Crippen LogP contribution in [0, 0.1) is 17.2 Å². The summed E-state index contributed by atoms with van der Waals surface area (Å²) < 4.78 is 5.36. The Morgan fingerprint density at radius 2 is 2.47 bits per heavy atom. The van der Waals surface area contributed by atoms with Crippen LogP contribution in [-0.4, -0.2) is 37.1 Å². The van der Waals surface area contributed by atoms with E-state index >= 15 is 0 Å². The zero-order chi connectivity index (χ0) is 11.1. The number of hydrogen-bond donors (Lipinski definition) is 0. The lowest BCUT2D eigenvalue weighted by Gasteiger charge is -2.32. The summed E-state index contributed by atoms with van der Waals surface area (Å²) in [5.74, 6) is 0.403. The Hall–Kier alpha value is -1.08. The Bertz CT molecular complexity index is 247. The minimum absolute atomic E-state index is 0.00134. The van der Waals surface area contributed by atoms with Gasteiger partial charge in [0.1, 0.15) is 6.42 Å². The highest BCUT2D eigenvalue weighted by Crippen LogP contribution is 2.17. The number of nitriles is 1. The van der Waals surface area contributed by atoms with E-state index in [9.17, 15) is 4.79 Å². The summed E-state index contributed by atoms with van der Waals surface area (Å²) in [6, 6.07) is 1.90. The van der Waals surface area contributed by atoms with E-state index in [0.717, 1.165) is 39.1 Å². The molecule has 1 unspecified atom stereocenters. The Labute approximate surface area is 90.8 Å². The fraction of sp³-hybridized carbons (Fsp3) is 0.818. The van der Waals surface area contributed by atoms with Crippen molar-refractivity contribution < 1.29 is 9.53 Å². The molecular weight excluding hydrogens is 192 g/mol. The summed E-state index contributed by atoms with van der Waals surface area (Å²) in [5, 5.41) is 8.45. The van der Waals surface area contributed by atoms with Gasteiger partial charge in [0.25, 0.3) is 0 Å². The van der Waals surface area contributed by atoms with Gasteiger partial charge in [-0.15, -0.1) is 0 Å². The molecule has 0 N–H and O–H groups in total. The van der Waals surface area contributed by atoms with Gasteiger partial charge in [-0.05, 0) is 25.7 Å². The molecular formula is C11H18N2O2. The first-order chi connectivity index (χ1) is 7.27. The minimum Gasteiger partial charge on any atom is -0.381 e. The molecule has 1 aliphatic rings. The lowest BCUT2D eigenvalue weighted by molar-refractivity contribution is -0.132. The van der Waals surface area contributed by atoms with Crippen LogP contribution in [0.4, 0.5) is 0 Å². The topological polar surface area (TPSA) is 53.3 Å². The molecule has 1 saturated heterocycles. The summed E-state index contributed by atoms with van der Waals surface area (Å²) in [4.78, 5) is 13.3. The van der Waals surface area contributed by atoms with Gasteiger partial charge in [0, 0.05) is 19.7 Å². The number of piperidine rings is 1. The molecule has 1 aliphatic heterocycles. The van der Waals surface area contributed by atoms with Crippen molar-refractivity contribution in [3.05, 3.63) is 0 Å². The number of amides is 1. The predicted molar refractivity (Wildman–Crippen MR) is 56.0 cm³/mol. The van der Waals surface area contributed by atoms with E-state index in [2.05, 4.69) is 0 Å². The molecule has 1 fully saturated rings. The van der Waals surface area contributed by atoms with Crippen molar-refractivity contribution in [1.29, 1.82) is 5.26 Å². The molecule has 4 heteroatoms. The van der Waals surface area contributed by atoms with Crippen LogP contribution < -0.4 is 0 Å². The van der Waals surface area contributed by atoms with Crippen molar-refractivity contribution in [1.82, 2.24) is 4.90 Å². The summed E-state index contributed by atoms with van der Waals surface area (Å²) in [6.45, 7) is 4.97. The zero-order valence-electron chi connectivity index (χ0n) is 9.24. The molecule has 15 heavy (non-hydrogen) atoms. The van der Waals surface area contributed by atoms with Crippen LogP contribution in [-0.2, 0) is 9.53 Å². The maximum atomic E-state index is 11.5. The predicted octanol–water partition coefficient (Wildman–Crippen LogP) is 1.18. The van der Waals surface area contributed by atoms with Crippen LogP contribution in [0.3, 0.4) is 0 Å². The number of hydrogen-bond acceptors (Lipinski definition) is 3. The van der Waals surface area contributed by atoms with Crippen LogP contribution in [0.1, 0.15) is 26.2 Å². The molecule has 0 spiro atoms. The van der Waals surface area contributed by atoms with Crippen molar-refractivity contribution in [2.75, 3.05) is 26.3 Å². The fourth-order valence-electron chi connectivity index (χ4n) is 1.89. The monoisotopic (exact) mass is 210 g/mol. The van der Waals surface area contributed by atoms with E-state index in [1.54, 1.807) is 4.90 Å². The number of ether oxygens (including phenoxy) is 1. The van der Waals surface area contributed by atoms with Gasteiger partial charge in [-0.25, -0.2) is 0 Å². The molecule has 0 aromatic rings. The first-order valence-electron chi connectivity index (χ1n) is 5.50. The first-order valence-corrected chi connectivity index (χ1v) is 5.50. The normalized spacial score (nSPS) is 21.1. The van der Waals surface area contributed by atoms with Crippen LogP contribution >= 0.6 is 0 Å². The summed E-state index contributed by atoms with van der Waals surface area (Å²) in [6.07, 6.45) is 2.15. The van der Waals surface area contributed by atoms with E-state index < -0.39 is 0 Å². The second-order valence-corrected chi connectivity index (χ2v) is 3.84. The van der Waals surface area contributed by atoms with E-state index in [1.165, 1.54) is 0 Å². The second-order valence-electron chi connectivity index (χ2n) is 3.84. The lowest BCUT2D eigenvalue weighted by Crippen LogP contribution is -2.41. The Kier molecular flexibility index (Phi) is 5.13. The van der Waals surface area contributed by atoms with E-state index in [0.29, 0.717) is 5.92 Å². The van der Waals surface area contributed by atoms with Gasteiger partial charge in [0.15, 0.2) is 0 Å². The molecule has 0 aromatic carbocycles. The number of carbonyl (C=O) groups excluding carboxylic acids is 1. The van der Waals surface area contributed by atoms with Gasteiger partial charge in [-0.1, -0.05) is 0 Å². The number of carbonyl (C=O) groups is 1. The lowest BCUT2D eigenvalue weighted by atomic mass is 9.99. The summed E-state index contributed by atoms with van der Waals surface area (Å²) in [5.41, 5.74) is 0. The molecule has 1 amide bonds. The molecule has 0 bridgehead atoms. The Morgan fingerprint density at radius 3 is 3.13 bits per heavy atom. The molecule has 0 aromatic heterocycles. The van der Waals surface area contributed by atoms with Gasteiger partial charge in [-0.3, -0.25) is 4.79 Å². The first kappa shape index (κ1) is 12.0. The quantitative estimate of drug-likeness (QED) is 0.700. The Balaban J connectivity index is 2.35. The van der Waals surface area contributed by atoms with Crippen molar-refractivity contribution in [3.63, 3.8) is 0 Å². The zero-order valence-corrected chi connectivity index (χ0v) is 9.24. The SMILES string of the molecule is CCOCC1CCCN(C(=O)CC#N)C1. The summed E-state index contributed by atoms with van der Waals surface area (Å²) in [7, 11) is 0. The van der Waals surface area contributed by atoms with Crippen LogP contribution in [0.2, 0.25) is 0 Å². The van der Waals surface area contributed by atoms with Gasteiger partial charge in [0.05, 0.1) is 12.7 Å². The minimum atomic E-state index is -0.0429. The van der Waals surface area contributed by atoms with Crippen molar-refractivity contribution in [2.45, 2.75) is 26.2 Å². The highest BCUT2D eigenvalue weighted by Gasteiger charge is 2.23. The Morgan fingerprint density at radius 1 is 1.67 bits per heavy atom. The molecule has 84 valence electrons. The fourth-order valence-corrected chi connectivity index (χ4v) is 1.89. The average Bonchev–Trinajstić information content (AvgIpc) is 2.27. The summed E-state index contributed by atoms with van der Waals surface area (Å²) >= 11 is 0. The van der Waals surface area contributed by atoms with Crippen LogP contribution in [0.15, 0.2) is 0 Å². The number of likely N-dealkylation sites (tertiary alicyclic amines) is 1. The van der Waals surface area contributed by atoms with Crippen LogP contribution in [0.25, 0.3) is 0 Å². The molecule has 0 saturated carbocycles. The highest BCUT2D eigenvalue weighted by atomic mass is 16.5. The second kappa shape index (κ2) is 6.41. The van der Waals surface area contributed by atoms with Crippen LogP contribution in [0.5, 0.6) is 0 Å². The van der Waals surface area contributed by atoms with Crippen molar-refractivity contribution in [3.8, 4) is 6.07 Å². The maximum absolute atomic E-state index is 11.5. The molecule has 1 atom stereocenters. The van der Waals surface area contributed by atoms with E-state index in [1.807, 2.05) is 13.0 Å². The smallest absolute Gasteiger partial charge is 0.236 e. The van der Waals surface area contributed by atoms with Crippen molar-refractivity contribution in [2.24, 2.45) is 5.92 Å².